The van der Waals surface area contributed by atoms with E-state index in [1.165, 1.54) is 16.7 Å². The maximum Gasteiger partial charge on any atom is 0.120 e. The average molecular weight is 255 g/mol. The molecule has 0 aliphatic carbocycles. The zero-order chi connectivity index (χ0) is 13.5. The minimum Gasteiger partial charge on any atom is -0.489 e. The van der Waals surface area contributed by atoms with E-state index in [-0.39, 0.29) is 0 Å². The van der Waals surface area contributed by atoms with E-state index < -0.39 is 0 Å². The van der Waals surface area contributed by atoms with Crippen molar-refractivity contribution in [3.63, 3.8) is 0 Å². The first-order valence-corrected chi connectivity index (χ1v) is 6.76. The van der Waals surface area contributed by atoms with Gasteiger partial charge in [-0.25, -0.2) is 0 Å². The number of ether oxygens (including phenoxy) is 1. The van der Waals surface area contributed by atoms with Gasteiger partial charge in [0.05, 0.1) is 0 Å². The lowest BCUT2D eigenvalue weighted by molar-refractivity contribution is 0.304. The summed E-state index contributed by atoms with van der Waals surface area (Å²) in [6.07, 6.45) is 0. The van der Waals surface area contributed by atoms with Crippen LogP contribution in [0, 0.1) is 6.92 Å². The topological polar surface area (TPSA) is 21.3 Å². The van der Waals surface area contributed by atoms with E-state index in [2.05, 4.69) is 55.6 Å². The molecule has 0 atom stereocenters. The van der Waals surface area contributed by atoms with Gasteiger partial charge in [-0.05, 0) is 42.3 Å². The van der Waals surface area contributed by atoms with Gasteiger partial charge in [0.2, 0.25) is 0 Å². The van der Waals surface area contributed by atoms with Crippen LogP contribution in [0.5, 0.6) is 5.75 Å². The molecule has 1 N–H and O–H groups in total. The molecule has 0 spiro atoms. The maximum absolute atomic E-state index is 5.87. The molecule has 2 heteroatoms. The summed E-state index contributed by atoms with van der Waals surface area (Å²) in [4.78, 5) is 0. The number of nitrogens with one attached hydrogen (secondary N) is 1. The van der Waals surface area contributed by atoms with Crippen LogP contribution in [0.15, 0.2) is 48.5 Å². The van der Waals surface area contributed by atoms with Gasteiger partial charge in [-0.2, -0.15) is 0 Å². The van der Waals surface area contributed by atoms with Crippen molar-refractivity contribution >= 4 is 0 Å². The lowest BCUT2D eigenvalue weighted by Gasteiger charge is -2.11. The molecule has 0 unspecified atom stereocenters. The molecule has 0 saturated heterocycles. The molecule has 0 aliphatic rings. The van der Waals surface area contributed by atoms with E-state index in [1.54, 1.807) is 0 Å². The third kappa shape index (κ3) is 4.11. The van der Waals surface area contributed by atoms with Gasteiger partial charge < -0.3 is 10.1 Å². The Morgan fingerprint density at radius 3 is 2.53 bits per heavy atom. The van der Waals surface area contributed by atoms with Crippen LogP contribution < -0.4 is 10.1 Å². The van der Waals surface area contributed by atoms with Gasteiger partial charge in [0.1, 0.15) is 12.4 Å². The standard InChI is InChI=1S/C17H21NO/c1-3-18-12-15-8-4-5-9-16(15)13-19-17-10-6-7-14(2)11-17/h4-11,18H,3,12-13H2,1-2H3. The van der Waals surface area contributed by atoms with Crippen LogP contribution in [0.25, 0.3) is 0 Å². The molecule has 100 valence electrons. The highest BCUT2D eigenvalue weighted by Gasteiger charge is 2.02. The van der Waals surface area contributed by atoms with E-state index >= 15 is 0 Å². The lowest BCUT2D eigenvalue weighted by Crippen LogP contribution is -2.13. The number of hydrogen-bond donors (Lipinski definition) is 1. The number of rotatable bonds is 6. The Bertz CT molecular complexity index is 522. The Morgan fingerprint density at radius 2 is 1.79 bits per heavy atom. The highest BCUT2D eigenvalue weighted by molar-refractivity contribution is 5.30. The average Bonchev–Trinajstić information content (AvgIpc) is 2.44. The summed E-state index contributed by atoms with van der Waals surface area (Å²) in [5, 5.41) is 3.36. The molecular formula is C17H21NO. The monoisotopic (exact) mass is 255 g/mol. The van der Waals surface area contributed by atoms with Gasteiger partial charge in [0, 0.05) is 6.54 Å². The normalized spacial score (nSPS) is 10.4. The van der Waals surface area contributed by atoms with Crippen LogP contribution >= 0.6 is 0 Å². The fourth-order valence-corrected chi connectivity index (χ4v) is 2.00. The molecule has 0 bridgehead atoms. The van der Waals surface area contributed by atoms with Gasteiger partial charge in [-0.3, -0.25) is 0 Å². The fraction of sp³-hybridized carbons (Fsp3) is 0.294. The fourth-order valence-electron chi connectivity index (χ4n) is 2.00. The maximum atomic E-state index is 5.87. The Kier molecular flexibility index (Phi) is 4.99. The molecule has 0 saturated carbocycles. The van der Waals surface area contributed by atoms with Crippen LogP contribution in [0.4, 0.5) is 0 Å². The zero-order valence-corrected chi connectivity index (χ0v) is 11.6. The van der Waals surface area contributed by atoms with Crippen LogP contribution in [0.1, 0.15) is 23.6 Å². The SMILES string of the molecule is CCNCc1ccccc1COc1cccc(C)c1. The predicted octanol–water partition coefficient (Wildman–Crippen LogP) is 3.68. The molecule has 0 amide bonds. The molecule has 0 aliphatic heterocycles. The first kappa shape index (κ1) is 13.6. The van der Waals surface area contributed by atoms with Gasteiger partial charge >= 0.3 is 0 Å². The van der Waals surface area contributed by atoms with Crippen molar-refractivity contribution in [3.8, 4) is 5.75 Å². The lowest BCUT2D eigenvalue weighted by atomic mass is 10.1. The molecule has 0 heterocycles. The van der Waals surface area contributed by atoms with Gasteiger partial charge in [-0.1, -0.05) is 43.3 Å². The van der Waals surface area contributed by atoms with Crippen molar-refractivity contribution in [2.45, 2.75) is 27.0 Å². The molecule has 0 aromatic heterocycles. The van der Waals surface area contributed by atoms with Crippen molar-refractivity contribution in [3.05, 3.63) is 65.2 Å². The second-order valence-corrected chi connectivity index (χ2v) is 4.65. The van der Waals surface area contributed by atoms with Crippen molar-refractivity contribution in [2.24, 2.45) is 0 Å². The Morgan fingerprint density at radius 1 is 1.00 bits per heavy atom. The highest BCUT2D eigenvalue weighted by Crippen LogP contribution is 2.16. The first-order chi connectivity index (χ1) is 9.29. The third-order valence-corrected chi connectivity index (χ3v) is 3.07. The molecular weight excluding hydrogens is 234 g/mol. The Labute approximate surface area is 115 Å². The van der Waals surface area contributed by atoms with Gasteiger partial charge in [0.15, 0.2) is 0 Å². The molecule has 2 aromatic rings. The number of hydrogen-bond acceptors (Lipinski definition) is 2. The molecule has 19 heavy (non-hydrogen) atoms. The van der Waals surface area contributed by atoms with Gasteiger partial charge in [0.25, 0.3) is 0 Å². The molecule has 2 aromatic carbocycles. The van der Waals surface area contributed by atoms with Crippen LogP contribution in [-0.2, 0) is 13.2 Å². The minimum absolute atomic E-state index is 0.616. The smallest absolute Gasteiger partial charge is 0.120 e. The van der Waals surface area contributed by atoms with E-state index in [0.717, 1.165) is 18.8 Å². The third-order valence-electron chi connectivity index (χ3n) is 3.07. The summed E-state index contributed by atoms with van der Waals surface area (Å²) in [6, 6.07) is 16.6. The Hall–Kier alpha value is -1.80. The quantitative estimate of drug-likeness (QED) is 0.850. The molecule has 2 rings (SSSR count). The van der Waals surface area contributed by atoms with E-state index in [0.29, 0.717) is 6.61 Å². The summed E-state index contributed by atoms with van der Waals surface area (Å²) in [5.74, 6) is 0.929. The van der Waals surface area contributed by atoms with Crippen LogP contribution in [0.2, 0.25) is 0 Å². The summed E-state index contributed by atoms with van der Waals surface area (Å²) >= 11 is 0. The van der Waals surface area contributed by atoms with Gasteiger partial charge in [-0.15, -0.1) is 0 Å². The highest BCUT2D eigenvalue weighted by atomic mass is 16.5. The van der Waals surface area contributed by atoms with Crippen molar-refractivity contribution in [2.75, 3.05) is 6.54 Å². The zero-order valence-electron chi connectivity index (χ0n) is 11.6. The molecule has 0 radical (unpaired) electrons. The number of benzene rings is 2. The van der Waals surface area contributed by atoms with Crippen LogP contribution in [-0.4, -0.2) is 6.54 Å². The van der Waals surface area contributed by atoms with Crippen molar-refractivity contribution < 1.29 is 4.74 Å². The second-order valence-electron chi connectivity index (χ2n) is 4.65. The first-order valence-electron chi connectivity index (χ1n) is 6.76. The van der Waals surface area contributed by atoms with Crippen molar-refractivity contribution in [1.29, 1.82) is 0 Å². The minimum atomic E-state index is 0.616. The van der Waals surface area contributed by atoms with Crippen molar-refractivity contribution in [1.82, 2.24) is 5.32 Å². The summed E-state index contributed by atoms with van der Waals surface area (Å²) in [5.41, 5.74) is 3.76. The summed E-state index contributed by atoms with van der Waals surface area (Å²) < 4.78 is 5.87. The predicted molar refractivity (Wildman–Crippen MR) is 79.3 cm³/mol. The second kappa shape index (κ2) is 6.95. The Balaban J connectivity index is 2.02. The van der Waals surface area contributed by atoms with E-state index in [9.17, 15) is 0 Å². The van der Waals surface area contributed by atoms with Crippen LogP contribution in [0.3, 0.4) is 0 Å². The molecule has 2 nitrogen and oxygen atoms in total. The van der Waals surface area contributed by atoms with E-state index in [4.69, 9.17) is 4.74 Å². The largest absolute Gasteiger partial charge is 0.489 e. The van der Waals surface area contributed by atoms with E-state index in [1.807, 2.05) is 12.1 Å². The summed E-state index contributed by atoms with van der Waals surface area (Å²) in [6.45, 7) is 6.68. The number of aryl methyl sites for hydroxylation is 1. The summed E-state index contributed by atoms with van der Waals surface area (Å²) in [7, 11) is 0. The molecule has 0 fully saturated rings.